The van der Waals surface area contributed by atoms with Crippen molar-refractivity contribution in [3.8, 4) is 0 Å². The number of carboxylic acid groups (broad SMARTS) is 1. The fourth-order valence-corrected chi connectivity index (χ4v) is 12.5. The standard InChI is InChI=1S/C42H69N5O5/c1-24(2)27(7)37(8)17-18-39(10)28-13-14-31-38(9)20-51-22-42(31,29(28)15-16-40(39,11)32(37)36(49)50)19-30(33(38)52-21-41(12,43)25(3)4)47-34(44-23-45-47)35(48)46-26(5)6/h15,23-28,30-33H,13-14,16-22,43H2,1-12H3,(H,46,48)(H,49,50)/t27-,28+,30-,31+,32-,33+,37-,38?,39-,40+,41+,42+/m1/s1. The van der Waals surface area contributed by atoms with E-state index in [1.54, 1.807) is 0 Å². The topological polar surface area (TPSA) is 142 Å². The Balaban J connectivity index is 1.47. The van der Waals surface area contributed by atoms with Gasteiger partial charge in [0.25, 0.3) is 5.91 Å². The van der Waals surface area contributed by atoms with E-state index in [1.165, 1.54) is 11.9 Å². The fraction of sp³-hybridized carbons (Fsp3) is 0.857. The van der Waals surface area contributed by atoms with Crippen LogP contribution in [0.3, 0.4) is 0 Å². The van der Waals surface area contributed by atoms with Crippen molar-refractivity contribution in [2.75, 3.05) is 19.8 Å². The summed E-state index contributed by atoms with van der Waals surface area (Å²) in [6.07, 6.45) is 9.02. The number of nitrogens with two attached hydrogens (primary N) is 1. The van der Waals surface area contributed by atoms with Crippen LogP contribution in [0.25, 0.3) is 0 Å². The molecule has 1 aromatic heterocycles. The smallest absolute Gasteiger partial charge is 0.307 e. The van der Waals surface area contributed by atoms with E-state index in [4.69, 9.17) is 20.3 Å². The Hall–Kier alpha value is -2.30. The van der Waals surface area contributed by atoms with Crippen LogP contribution >= 0.6 is 0 Å². The first-order valence-electron chi connectivity index (χ1n) is 20.2. The third-order valence-electron chi connectivity index (χ3n) is 16.5. The quantitative estimate of drug-likeness (QED) is 0.214. The molecular formula is C42H69N5O5. The Morgan fingerprint density at radius 2 is 1.77 bits per heavy atom. The number of aliphatic carboxylic acids is 1. The fourth-order valence-electron chi connectivity index (χ4n) is 12.5. The molecule has 0 radical (unpaired) electrons. The van der Waals surface area contributed by atoms with Gasteiger partial charge in [-0.05, 0) is 105 Å². The lowest BCUT2D eigenvalue weighted by molar-refractivity contribution is -0.252. The number of fused-ring (bicyclic) bond motifs is 3. The lowest BCUT2D eigenvalue weighted by Gasteiger charge is -2.71. The maximum atomic E-state index is 13.6. The van der Waals surface area contributed by atoms with Crippen molar-refractivity contribution < 1.29 is 24.2 Å². The van der Waals surface area contributed by atoms with Crippen LogP contribution in [-0.4, -0.2) is 69.3 Å². The zero-order chi connectivity index (χ0) is 38.4. The lowest BCUT2D eigenvalue weighted by Crippen LogP contribution is -2.69. The summed E-state index contributed by atoms with van der Waals surface area (Å²) < 4.78 is 15.6. The van der Waals surface area contributed by atoms with Gasteiger partial charge in [0.05, 0.1) is 37.9 Å². The molecule has 5 aliphatic rings. The predicted octanol–water partition coefficient (Wildman–Crippen LogP) is 7.30. The second kappa shape index (κ2) is 13.2. The number of ether oxygens (including phenoxy) is 2. The van der Waals surface area contributed by atoms with Crippen molar-refractivity contribution in [3.05, 3.63) is 23.8 Å². The third kappa shape index (κ3) is 5.65. The minimum Gasteiger partial charge on any atom is -0.481 e. The molecule has 1 unspecified atom stereocenters. The number of allylic oxidation sites excluding steroid dienone is 1. The number of hydrogen-bond donors (Lipinski definition) is 3. The van der Waals surface area contributed by atoms with Gasteiger partial charge < -0.3 is 25.6 Å². The average molecular weight is 724 g/mol. The first-order valence-corrected chi connectivity index (χ1v) is 20.2. The Morgan fingerprint density at radius 1 is 1.08 bits per heavy atom. The number of rotatable bonds is 10. The second-order valence-corrected chi connectivity index (χ2v) is 20.2. The van der Waals surface area contributed by atoms with Gasteiger partial charge in [0.1, 0.15) is 6.33 Å². The number of nitrogens with one attached hydrogen (secondary N) is 1. The molecule has 6 rings (SSSR count). The number of carbonyl (C=O) groups excluding carboxylic acids is 1. The zero-order valence-electron chi connectivity index (χ0n) is 34.2. The Labute approximate surface area is 312 Å². The normalized spacial score (nSPS) is 41.8. The summed E-state index contributed by atoms with van der Waals surface area (Å²) in [6, 6.07) is -0.331. The molecule has 10 nitrogen and oxygen atoms in total. The highest BCUT2D eigenvalue weighted by Crippen LogP contribution is 2.75. The van der Waals surface area contributed by atoms with Gasteiger partial charge in [-0.2, -0.15) is 5.10 Å². The molecule has 292 valence electrons. The van der Waals surface area contributed by atoms with Crippen LogP contribution in [0.4, 0.5) is 0 Å². The van der Waals surface area contributed by atoms with E-state index in [2.05, 4.69) is 78.7 Å². The van der Waals surface area contributed by atoms with E-state index in [1.807, 2.05) is 25.5 Å². The first kappa shape index (κ1) is 39.4. The number of aromatic nitrogens is 3. The largest absolute Gasteiger partial charge is 0.481 e. The molecule has 10 heteroatoms. The maximum Gasteiger partial charge on any atom is 0.307 e. The van der Waals surface area contributed by atoms with Crippen molar-refractivity contribution >= 4 is 11.9 Å². The summed E-state index contributed by atoms with van der Waals surface area (Å²) in [7, 11) is 0. The van der Waals surface area contributed by atoms with E-state index >= 15 is 0 Å². The van der Waals surface area contributed by atoms with Gasteiger partial charge in [-0.15, -0.1) is 0 Å². The van der Waals surface area contributed by atoms with E-state index in [-0.39, 0.29) is 69.4 Å². The van der Waals surface area contributed by atoms with Crippen LogP contribution in [0.15, 0.2) is 18.0 Å². The molecule has 0 aromatic carbocycles. The van der Waals surface area contributed by atoms with Crippen molar-refractivity contribution in [2.45, 2.75) is 145 Å². The number of amides is 1. The summed E-state index contributed by atoms with van der Waals surface area (Å²) in [6.45, 7) is 27.8. The molecule has 2 heterocycles. The van der Waals surface area contributed by atoms with E-state index in [9.17, 15) is 14.7 Å². The first-order chi connectivity index (χ1) is 24.1. The van der Waals surface area contributed by atoms with Crippen LogP contribution in [0.5, 0.6) is 0 Å². The van der Waals surface area contributed by atoms with E-state index in [0.717, 1.165) is 32.1 Å². The molecule has 1 saturated heterocycles. The molecule has 12 atom stereocenters. The summed E-state index contributed by atoms with van der Waals surface area (Å²) in [5.41, 5.74) is 6.15. The molecule has 1 amide bonds. The van der Waals surface area contributed by atoms with Crippen LogP contribution in [0, 0.1) is 62.6 Å². The molecule has 3 saturated carbocycles. The van der Waals surface area contributed by atoms with Gasteiger partial charge >= 0.3 is 5.97 Å². The SMILES string of the molecule is CC(C)NC(=O)c1ncnn1[C@@H]1C[C@@]23COCC(C)([C@H]1OC[C@](C)(N)C(C)C)[C@@H]2CC[C@H]1C3=CC[C@@]2(C)[C@H](C(=O)O)[C@@](C)([C@H](C)C(C)C)CC[C@]12C. The molecular weight excluding hydrogens is 654 g/mol. The van der Waals surface area contributed by atoms with Gasteiger partial charge in [0.15, 0.2) is 0 Å². The molecule has 0 spiro atoms. The Kier molecular flexibility index (Phi) is 9.98. The van der Waals surface area contributed by atoms with Crippen molar-refractivity contribution in [1.29, 1.82) is 0 Å². The highest BCUT2D eigenvalue weighted by atomic mass is 16.5. The van der Waals surface area contributed by atoms with Crippen LogP contribution in [0.2, 0.25) is 0 Å². The summed E-state index contributed by atoms with van der Waals surface area (Å²) >= 11 is 0. The molecule has 4 aliphatic carbocycles. The van der Waals surface area contributed by atoms with Gasteiger partial charge in [0, 0.05) is 22.4 Å². The van der Waals surface area contributed by atoms with Crippen molar-refractivity contribution in [3.63, 3.8) is 0 Å². The maximum absolute atomic E-state index is 13.6. The molecule has 2 bridgehead atoms. The summed E-state index contributed by atoms with van der Waals surface area (Å²) in [5, 5.41) is 18.9. The second-order valence-electron chi connectivity index (χ2n) is 20.2. The van der Waals surface area contributed by atoms with E-state index in [0.29, 0.717) is 38.0 Å². The van der Waals surface area contributed by atoms with Gasteiger partial charge in [0.2, 0.25) is 5.82 Å². The number of carboxylic acids is 1. The Bertz CT molecular complexity index is 1570. The molecule has 4 fully saturated rings. The molecule has 1 aromatic rings. The molecule has 1 aliphatic heterocycles. The van der Waals surface area contributed by atoms with Crippen LogP contribution in [-0.2, 0) is 14.3 Å². The van der Waals surface area contributed by atoms with Crippen molar-refractivity contribution in [1.82, 2.24) is 20.1 Å². The number of carbonyl (C=O) groups is 2. The van der Waals surface area contributed by atoms with Gasteiger partial charge in [-0.1, -0.05) is 74.0 Å². The van der Waals surface area contributed by atoms with Crippen LogP contribution < -0.4 is 11.1 Å². The van der Waals surface area contributed by atoms with Crippen LogP contribution in [0.1, 0.15) is 138 Å². The predicted molar refractivity (Wildman–Crippen MR) is 202 cm³/mol. The van der Waals surface area contributed by atoms with Crippen molar-refractivity contribution in [2.24, 2.45) is 68.3 Å². The monoisotopic (exact) mass is 724 g/mol. The third-order valence-corrected chi connectivity index (χ3v) is 16.5. The average Bonchev–Trinajstić information content (AvgIpc) is 3.54. The van der Waals surface area contributed by atoms with Gasteiger partial charge in [-0.3, -0.25) is 9.59 Å². The minimum atomic E-state index is -0.648. The lowest BCUT2D eigenvalue weighted by atomic mass is 9.34. The Morgan fingerprint density at radius 3 is 2.38 bits per heavy atom. The number of nitrogens with zero attached hydrogens (tertiary/aromatic N) is 3. The highest BCUT2D eigenvalue weighted by molar-refractivity contribution is 5.90. The summed E-state index contributed by atoms with van der Waals surface area (Å²) in [4.78, 5) is 31.7. The molecule has 52 heavy (non-hydrogen) atoms. The van der Waals surface area contributed by atoms with Gasteiger partial charge in [-0.25, -0.2) is 9.67 Å². The van der Waals surface area contributed by atoms with E-state index < -0.39 is 22.8 Å². The summed E-state index contributed by atoms with van der Waals surface area (Å²) in [5.74, 6) is 0.370. The number of hydrogen-bond acceptors (Lipinski definition) is 7. The highest BCUT2D eigenvalue weighted by Gasteiger charge is 2.72. The minimum absolute atomic E-state index is 0.0506. The zero-order valence-corrected chi connectivity index (χ0v) is 34.2. The molecule has 4 N–H and O–H groups in total.